The minimum Gasteiger partial charge on any atom is -0.496 e. The average molecular weight is 289 g/mol. The second-order valence-electron chi connectivity index (χ2n) is 6.18. The summed E-state index contributed by atoms with van der Waals surface area (Å²) in [5.41, 5.74) is 2.62. The van der Waals surface area contributed by atoms with Gasteiger partial charge in [-0.25, -0.2) is 0 Å². The lowest BCUT2D eigenvalue weighted by molar-refractivity contribution is 0.230. The summed E-state index contributed by atoms with van der Waals surface area (Å²) in [7, 11) is 3.77. The highest BCUT2D eigenvalue weighted by Gasteiger charge is 2.32. The van der Waals surface area contributed by atoms with Crippen LogP contribution in [-0.2, 0) is 0 Å². The predicted molar refractivity (Wildman–Crippen MR) is 87.3 cm³/mol. The third kappa shape index (κ3) is 2.74. The van der Waals surface area contributed by atoms with E-state index in [1.165, 1.54) is 37.2 Å². The summed E-state index contributed by atoms with van der Waals surface area (Å²) in [5, 5.41) is 3.36. The maximum atomic E-state index is 5.61. The Bertz CT molecular complexity index is 491. The van der Waals surface area contributed by atoms with Crippen LogP contribution in [0.15, 0.2) is 18.2 Å². The molecule has 116 valence electrons. The summed E-state index contributed by atoms with van der Waals surface area (Å²) in [6.07, 6.45) is 2.70. The normalized spacial score (nSPS) is 24.0. The van der Waals surface area contributed by atoms with Crippen molar-refractivity contribution in [2.24, 2.45) is 0 Å². The average Bonchev–Trinajstić information content (AvgIpc) is 3.00. The van der Waals surface area contributed by atoms with Gasteiger partial charge in [-0.1, -0.05) is 6.07 Å². The number of fused-ring (bicyclic) bond motifs is 1. The van der Waals surface area contributed by atoms with Crippen molar-refractivity contribution >= 4 is 5.69 Å². The van der Waals surface area contributed by atoms with Crippen molar-refractivity contribution in [3.63, 3.8) is 0 Å². The molecule has 2 aliphatic heterocycles. The zero-order valence-corrected chi connectivity index (χ0v) is 13.4. The molecule has 0 amide bonds. The van der Waals surface area contributed by atoms with Crippen molar-refractivity contribution in [2.45, 2.75) is 31.8 Å². The van der Waals surface area contributed by atoms with Crippen molar-refractivity contribution in [2.75, 3.05) is 45.2 Å². The van der Waals surface area contributed by atoms with Crippen LogP contribution in [0.2, 0.25) is 0 Å². The van der Waals surface area contributed by atoms with Gasteiger partial charge in [0.2, 0.25) is 0 Å². The van der Waals surface area contributed by atoms with Gasteiger partial charge in [-0.15, -0.1) is 0 Å². The molecule has 4 heteroatoms. The molecule has 1 N–H and O–H groups in total. The van der Waals surface area contributed by atoms with Crippen LogP contribution in [0.3, 0.4) is 0 Å². The Labute approximate surface area is 128 Å². The van der Waals surface area contributed by atoms with Gasteiger partial charge >= 0.3 is 0 Å². The van der Waals surface area contributed by atoms with Gasteiger partial charge in [0.15, 0.2) is 0 Å². The van der Waals surface area contributed by atoms with E-state index in [2.05, 4.69) is 40.2 Å². The van der Waals surface area contributed by atoms with Crippen LogP contribution in [0, 0.1) is 0 Å². The molecule has 2 heterocycles. The first-order valence-corrected chi connectivity index (χ1v) is 8.07. The lowest BCUT2D eigenvalue weighted by Crippen LogP contribution is -2.50. The van der Waals surface area contributed by atoms with Crippen LogP contribution in [0.5, 0.6) is 5.75 Å². The summed E-state index contributed by atoms with van der Waals surface area (Å²) in [6.45, 7) is 6.95. The second-order valence-corrected chi connectivity index (χ2v) is 6.18. The Balaban J connectivity index is 1.90. The van der Waals surface area contributed by atoms with Gasteiger partial charge in [0.25, 0.3) is 0 Å². The van der Waals surface area contributed by atoms with Crippen LogP contribution in [0.4, 0.5) is 5.69 Å². The number of rotatable bonds is 4. The Morgan fingerprint density at radius 2 is 2.14 bits per heavy atom. The third-order valence-electron chi connectivity index (χ3n) is 5.06. The number of anilines is 1. The van der Waals surface area contributed by atoms with Gasteiger partial charge in [0.1, 0.15) is 5.75 Å². The Kier molecular flexibility index (Phi) is 4.36. The van der Waals surface area contributed by atoms with Crippen LogP contribution in [0.1, 0.15) is 31.4 Å². The molecular formula is C17H27N3O. The van der Waals surface area contributed by atoms with E-state index < -0.39 is 0 Å². The summed E-state index contributed by atoms with van der Waals surface area (Å²) in [4.78, 5) is 5.20. The van der Waals surface area contributed by atoms with Crippen LogP contribution >= 0.6 is 0 Å². The number of nitrogens with one attached hydrogen (secondary N) is 1. The minimum absolute atomic E-state index is 0.290. The first kappa shape index (κ1) is 14.7. The van der Waals surface area contributed by atoms with Crippen molar-refractivity contribution in [3.8, 4) is 5.75 Å². The molecule has 0 spiro atoms. The smallest absolute Gasteiger partial charge is 0.125 e. The van der Waals surface area contributed by atoms with Gasteiger partial charge < -0.3 is 15.0 Å². The number of hydrogen-bond acceptors (Lipinski definition) is 4. The molecule has 1 aromatic rings. The molecule has 0 radical (unpaired) electrons. The van der Waals surface area contributed by atoms with Crippen LogP contribution in [-0.4, -0.2) is 51.3 Å². The number of hydrogen-bond donors (Lipinski definition) is 1. The third-order valence-corrected chi connectivity index (χ3v) is 5.06. The molecular weight excluding hydrogens is 262 g/mol. The molecule has 2 atom stereocenters. The van der Waals surface area contributed by atoms with E-state index >= 15 is 0 Å². The van der Waals surface area contributed by atoms with E-state index in [0.717, 1.165) is 24.9 Å². The Morgan fingerprint density at radius 1 is 1.29 bits per heavy atom. The van der Waals surface area contributed by atoms with Gasteiger partial charge in [-0.3, -0.25) is 4.90 Å². The number of nitrogens with zero attached hydrogens (tertiary/aromatic N) is 2. The second kappa shape index (κ2) is 6.24. The molecule has 21 heavy (non-hydrogen) atoms. The molecule has 0 aromatic heterocycles. The quantitative estimate of drug-likeness (QED) is 0.920. The lowest BCUT2D eigenvalue weighted by atomic mass is 10.0. The molecule has 3 rings (SSSR count). The largest absolute Gasteiger partial charge is 0.496 e. The fourth-order valence-corrected chi connectivity index (χ4v) is 3.78. The zero-order chi connectivity index (χ0) is 14.8. The Hall–Kier alpha value is -1.26. The number of benzene rings is 1. The molecule has 0 aliphatic carbocycles. The lowest BCUT2D eigenvalue weighted by Gasteiger charge is -2.40. The maximum absolute atomic E-state index is 5.61. The van der Waals surface area contributed by atoms with E-state index in [-0.39, 0.29) is 6.04 Å². The summed E-state index contributed by atoms with van der Waals surface area (Å²) in [6, 6.07) is 7.45. The van der Waals surface area contributed by atoms with E-state index in [0.29, 0.717) is 0 Å². The number of methoxy groups -OCH3 is 1. The van der Waals surface area contributed by atoms with Crippen LogP contribution in [0.25, 0.3) is 0 Å². The minimum atomic E-state index is 0.290. The highest BCUT2D eigenvalue weighted by atomic mass is 16.5. The zero-order valence-electron chi connectivity index (χ0n) is 13.4. The topological polar surface area (TPSA) is 27.7 Å². The number of ether oxygens (including phenoxy) is 1. The first-order chi connectivity index (χ1) is 10.2. The molecule has 2 unspecified atom stereocenters. The molecule has 0 saturated carbocycles. The van der Waals surface area contributed by atoms with Crippen molar-refractivity contribution in [1.82, 2.24) is 10.2 Å². The molecule has 1 aromatic carbocycles. The highest BCUT2D eigenvalue weighted by molar-refractivity contribution is 5.61. The summed E-state index contributed by atoms with van der Waals surface area (Å²) < 4.78 is 5.61. The number of piperazine rings is 1. The monoisotopic (exact) mass is 289 g/mol. The summed E-state index contributed by atoms with van der Waals surface area (Å²) >= 11 is 0. The van der Waals surface area contributed by atoms with Crippen molar-refractivity contribution < 1.29 is 4.74 Å². The highest BCUT2D eigenvalue weighted by Crippen LogP contribution is 2.36. The van der Waals surface area contributed by atoms with E-state index in [1.54, 1.807) is 7.11 Å². The maximum Gasteiger partial charge on any atom is 0.125 e. The molecule has 4 nitrogen and oxygen atoms in total. The Morgan fingerprint density at radius 3 is 2.90 bits per heavy atom. The fraction of sp³-hybridized carbons (Fsp3) is 0.647. The standard InChI is InChI=1S/C17H27N3O/c1-13(18-2)17-15(7-4-8-16(17)21-3)20-11-10-19-9-5-6-14(19)12-20/h4,7-8,13-14,18H,5-6,9-12H2,1-3H3. The molecule has 2 saturated heterocycles. The first-order valence-electron chi connectivity index (χ1n) is 8.07. The predicted octanol–water partition coefficient (Wildman–Crippen LogP) is 2.26. The van der Waals surface area contributed by atoms with Crippen LogP contribution < -0.4 is 15.0 Å². The van der Waals surface area contributed by atoms with E-state index in [1.807, 2.05) is 7.05 Å². The van der Waals surface area contributed by atoms with E-state index in [4.69, 9.17) is 4.74 Å². The molecule has 0 bridgehead atoms. The summed E-state index contributed by atoms with van der Waals surface area (Å²) in [5.74, 6) is 0.989. The molecule has 2 fully saturated rings. The molecule has 2 aliphatic rings. The van der Waals surface area contributed by atoms with Crippen molar-refractivity contribution in [3.05, 3.63) is 23.8 Å². The fourth-order valence-electron chi connectivity index (χ4n) is 3.78. The van der Waals surface area contributed by atoms with E-state index in [9.17, 15) is 0 Å². The van der Waals surface area contributed by atoms with Crippen molar-refractivity contribution in [1.29, 1.82) is 0 Å². The van der Waals surface area contributed by atoms with Gasteiger partial charge in [0, 0.05) is 43.0 Å². The van der Waals surface area contributed by atoms with Gasteiger partial charge in [0.05, 0.1) is 7.11 Å². The van der Waals surface area contributed by atoms with Gasteiger partial charge in [-0.05, 0) is 45.5 Å². The van der Waals surface area contributed by atoms with Gasteiger partial charge in [-0.2, -0.15) is 0 Å². The SMILES string of the molecule is CNC(C)c1c(OC)cccc1N1CCN2CCCC2C1.